The van der Waals surface area contributed by atoms with Crippen LogP contribution in [0.2, 0.25) is 0 Å². The van der Waals surface area contributed by atoms with Crippen LogP contribution >= 0.6 is 0 Å². The van der Waals surface area contributed by atoms with Gasteiger partial charge in [0, 0.05) is 30.0 Å². The first-order valence-electron chi connectivity index (χ1n) is 6.83. The largest absolute Gasteiger partial charge is 0.493 e. The fourth-order valence-electron chi connectivity index (χ4n) is 1.58. The Kier molecular flexibility index (Phi) is 6.13. The van der Waals surface area contributed by atoms with Gasteiger partial charge in [-0.25, -0.2) is 0 Å². The van der Waals surface area contributed by atoms with Gasteiger partial charge in [0.1, 0.15) is 5.75 Å². The zero-order chi connectivity index (χ0) is 13.4. The number of aromatic nitrogens is 1. The molecule has 1 aromatic rings. The highest BCUT2D eigenvalue weighted by atomic mass is 16.5. The molecule has 1 rings (SSSR count). The summed E-state index contributed by atoms with van der Waals surface area (Å²) in [4.78, 5) is 4.17. The minimum Gasteiger partial charge on any atom is -0.493 e. The van der Waals surface area contributed by atoms with Crippen molar-refractivity contribution in [1.29, 1.82) is 0 Å². The van der Waals surface area contributed by atoms with E-state index < -0.39 is 0 Å². The Hall–Kier alpha value is -1.09. The Morgan fingerprint density at radius 2 is 2.06 bits per heavy atom. The highest BCUT2D eigenvalue weighted by Crippen LogP contribution is 2.17. The molecule has 1 N–H and O–H groups in total. The minimum absolute atomic E-state index is 0.106. The second-order valence-electron chi connectivity index (χ2n) is 5.64. The van der Waals surface area contributed by atoms with Crippen molar-refractivity contribution in [1.82, 2.24) is 10.3 Å². The van der Waals surface area contributed by atoms with Crippen LogP contribution in [0.1, 0.15) is 52.5 Å². The third-order valence-electron chi connectivity index (χ3n) is 2.67. The van der Waals surface area contributed by atoms with Crippen molar-refractivity contribution >= 4 is 0 Å². The van der Waals surface area contributed by atoms with E-state index in [1.165, 1.54) is 12.8 Å². The van der Waals surface area contributed by atoms with Gasteiger partial charge in [0.15, 0.2) is 0 Å². The van der Waals surface area contributed by atoms with Crippen LogP contribution in [0.15, 0.2) is 18.5 Å². The molecule has 0 saturated carbocycles. The smallest absolute Gasteiger partial charge is 0.126 e. The fourth-order valence-corrected chi connectivity index (χ4v) is 1.58. The molecule has 1 heterocycles. The first-order valence-corrected chi connectivity index (χ1v) is 6.83. The van der Waals surface area contributed by atoms with Crippen molar-refractivity contribution < 1.29 is 4.74 Å². The van der Waals surface area contributed by atoms with Gasteiger partial charge in [-0.2, -0.15) is 0 Å². The minimum atomic E-state index is 0.106. The van der Waals surface area contributed by atoms with E-state index in [9.17, 15) is 0 Å². The quantitative estimate of drug-likeness (QED) is 0.752. The molecule has 0 aromatic carbocycles. The maximum Gasteiger partial charge on any atom is 0.126 e. The number of rotatable bonds is 7. The highest BCUT2D eigenvalue weighted by molar-refractivity contribution is 5.30. The van der Waals surface area contributed by atoms with E-state index >= 15 is 0 Å². The molecule has 0 saturated heterocycles. The SMILES string of the molecule is CCCCCOc1ccncc1CNC(C)(C)C. The Morgan fingerprint density at radius 1 is 1.28 bits per heavy atom. The second-order valence-corrected chi connectivity index (χ2v) is 5.64. The summed E-state index contributed by atoms with van der Waals surface area (Å²) in [6, 6.07) is 1.95. The lowest BCUT2D eigenvalue weighted by Crippen LogP contribution is -2.35. The van der Waals surface area contributed by atoms with Crippen LogP contribution in [0, 0.1) is 0 Å². The summed E-state index contributed by atoms with van der Waals surface area (Å²) >= 11 is 0. The molecule has 102 valence electrons. The summed E-state index contributed by atoms with van der Waals surface area (Å²) in [6.45, 7) is 10.3. The van der Waals surface area contributed by atoms with Gasteiger partial charge < -0.3 is 10.1 Å². The zero-order valence-electron chi connectivity index (χ0n) is 12.1. The van der Waals surface area contributed by atoms with Gasteiger partial charge in [0.05, 0.1) is 6.61 Å². The summed E-state index contributed by atoms with van der Waals surface area (Å²) in [5.74, 6) is 0.956. The first kappa shape index (κ1) is 15.0. The predicted octanol–water partition coefficient (Wildman–Crippen LogP) is 3.54. The van der Waals surface area contributed by atoms with E-state index in [0.29, 0.717) is 0 Å². The third kappa shape index (κ3) is 6.01. The molecule has 0 atom stereocenters. The number of nitrogens with one attached hydrogen (secondary N) is 1. The van der Waals surface area contributed by atoms with Crippen molar-refractivity contribution in [2.45, 2.75) is 59.0 Å². The molecular formula is C15H26N2O. The fraction of sp³-hybridized carbons (Fsp3) is 0.667. The molecule has 0 fully saturated rings. The van der Waals surface area contributed by atoms with Gasteiger partial charge in [-0.15, -0.1) is 0 Å². The third-order valence-corrected chi connectivity index (χ3v) is 2.67. The molecule has 0 bridgehead atoms. The number of nitrogens with zero attached hydrogens (tertiary/aromatic N) is 1. The second kappa shape index (κ2) is 7.37. The van der Waals surface area contributed by atoms with Crippen LogP contribution < -0.4 is 10.1 Å². The monoisotopic (exact) mass is 250 g/mol. The van der Waals surface area contributed by atoms with Crippen LogP contribution in [0.25, 0.3) is 0 Å². The number of unbranched alkanes of at least 4 members (excludes halogenated alkanes) is 2. The highest BCUT2D eigenvalue weighted by Gasteiger charge is 2.10. The topological polar surface area (TPSA) is 34.1 Å². The Bertz CT molecular complexity index is 345. The van der Waals surface area contributed by atoms with E-state index in [0.717, 1.165) is 30.9 Å². The molecule has 0 spiro atoms. The van der Waals surface area contributed by atoms with Crippen molar-refractivity contribution in [3.8, 4) is 5.75 Å². The first-order chi connectivity index (χ1) is 8.53. The van der Waals surface area contributed by atoms with Gasteiger partial charge in [0.25, 0.3) is 0 Å². The number of hydrogen-bond donors (Lipinski definition) is 1. The van der Waals surface area contributed by atoms with E-state index in [1.807, 2.05) is 12.3 Å². The van der Waals surface area contributed by atoms with Gasteiger partial charge in [-0.1, -0.05) is 19.8 Å². The van der Waals surface area contributed by atoms with E-state index in [1.54, 1.807) is 6.20 Å². The van der Waals surface area contributed by atoms with Crippen LogP contribution in [0.3, 0.4) is 0 Å². The summed E-state index contributed by atoms with van der Waals surface area (Å²) in [6.07, 6.45) is 7.23. The van der Waals surface area contributed by atoms with E-state index in [4.69, 9.17) is 4.74 Å². The molecule has 0 amide bonds. The molecule has 0 radical (unpaired) electrons. The summed E-state index contributed by atoms with van der Waals surface area (Å²) in [5.41, 5.74) is 1.24. The maximum atomic E-state index is 5.82. The van der Waals surface area contributed by atoms with Crippen molar-refractivity contribution in [3.63, 3.8) is 0 Å². The molecular weight excluding hydrogens is 224 g/mol. The molecule has 3 nitrogen and oxygen atoms in total. The Balaban J connectivity index is 2.51. The van der Waals surface area contributed by atoms with Crippen LogP contribution in [-0.2, 0) is 6.54 Å². The van der Waals surface area contributed by atoms with Crippen LogP contribution in [0.4, 0.5) is 0 Å². The van der Waals surface area contributed by atoms with Crippen molar-refractivity contribution in [3.05, 3.63) is 24.0 Å². The molecule has 0 aliphatic rings. The molecule has 0 aliphatic carbocycles. The zero-order valence-corrected chi connectivity index (χ0v) is 12.1. The normalized spacial score (nSPS) is 11.6. The molecule has 1 aromatic heterocycles. The molecule has 3 heteroatoms. The van der Waals surface area contributed by atoms with Gasteiger partial charge in [-0.05, 0) is 33.3 Å². The summed E-state index contributed by atoms with van der Waals surface area (Å²) in [7, 11) is 0. The average molecular weight is 250 g/mol. The standard InChI is InChI=1S/C15H26N2O/c1-5-6-7-10-18-14-8-9-16-11-13(14)12-17-15(2,3)4/h8-9,11,17H,5-7,10,12H2,1-4H3. The maximum absolute atomic E-state index is 5.82. The summed E-state index contributed by atoms with van der Waals surface area (Å²) in [5, 5.41) is 3.46. The lowest BCUT2D eigenvalue weighted by atomic mass is 10.1. The average Bonchev–Trinajstić information content (AvgIpc) is 2.32. The van der Waals surface area contributed by atoms with Gasteiger partial charge >= 0.3 is 0 Å². The van der Waals surface area contributed by atoms with E-state index in [2.05, 4.69) is 38.0 Å². The van der Waals surface area contributed by atoms with Gasteiger partial charge in [0.2, 0.25) is 0 Å². The number of pyridine rings is 1. The van der Waals surface area contributed by atoms with E-state index in [-0.39, 0.29) is 5.54 Å². The van der Waals surface area contributed by atoms with Crippen LogP contribution in [-0.4, -0.2) is 17.1 Å². The number of hydrogen-bond acceptors (Lipinski definition) is 3. The molecule has 0 aliphatic heterocycles. The van der Waals surface area contributed by atoms with Gasteiger partial charge in [-0.3, -0.25) is 4.98 Å². The molecule has 18 heavy (non-hydrogen) atoms. The van der Waals surface area contributed by atoms with Crippen molar-refractivity contribution in [2.24, 2.45) is 0 Å². The van der Waals surface area contributed by atoms with Crippen LogP contribution in [0.5, 0.6) is 5.75 Å². The lowest BCUT2D eigenvalue weighted by molar-refractivity contribution is 0.300. The lowest BCUT2D eigenvalue weighted by Gasteiger charge is -2.21. The summed E-state index contributed by atoms with van der Waals surface area (Å²) < 4.78 is 5.82. The Morgan fingerprint density at radius 3 is 2.72 bits per heavy atom. The Labute approximate surface area is 111 Å². The predicted molar refractivity (Wildman–Crippen MR) is 75.8 cm³/mol. The number of ether oxygens (including phenoxy) is 1. The van der Waals surface area contributed by atoms with Crippen molar-refractivity contribution in [2.75, 3.05) is 6.61 Å². The molecule has 0 unspecified atom stereocenters.